The number of aromatic nitrogens is 4. The SMILES string of the molecule is Cn1nc(Br)c2c(N(Cc3ccc(O)cc3)Cc3ccco3)ncnc21. The van der Waals surface area contributed by atoms with E-state index < -0.39 is 0 Å². The Kier molecular flexibility index (Phi) is 4.34. The Bertz CT molecular complexity index is 1030. The lowest BCUT2D eigenvalue weighted by molar-refractivity contribution is 0.475. The van der Waals surface area contributed by atoms with E-state index in [1.165, 1.54) is 6.33 Å². The van der Waals surface area contributed by atoms with Gasteiger partial charge in [0.2, 0.25) is 0 Å². The average molecular weight is 414 g/mol. The molecule has 0 unspecified atom stereocenters. The molecule has 0 spiro atoms. The van der Waals surface area contributed by atoms with Crippen LogP contribution < -0.4 is 4.90 Å². The third-order valence-electron chi connectivity index (χ3n) is 4.09. The van der Waals surface area contributed by atoms with Crippen molar-refractivity contribution in [1.82, 2.24) is 19.7 Å². The van der Waals surface area contributed by atoms with E-state index in [0.29, 0.717) is 17.7 Å². The smallest absolute Gasteiger partial charge is 0.164 e. The number of hydrogen-bond acceptors (Lipinski definition) is 6. The van der Waals surface area contributed by atoms with E-state index in [9.17, 15) is 5.11 Å². The number of halogens is 1. The normalized spacial score (nSPS) is 11.2. The van der Waals surface area contributed by atoms with Gasteiger partial charge in [0.1, 0.15) is 28.3 Å². The highest BCUT2D eigenvalue weighted by Gasteiger charge is 2.20. The average Bonchev–Trinajstić information content (AvgIpc) is 3.25. The highest BCUT2D eigenvalue weighted by atomic mass is 79.9. The van der Waals surface area contributed by atoms with E-state index >= 15 is 0 Å². The number of phenols is 1. The maximum absolute atomic E-state index is 9.53. The van der Waals surface area contributed by atoms with Gasteiger partial charge in [-0.05, 0) is 45.8 Å². The molecular weight excluding hydrogens is 398 g/mol. The minimum absolute atomic E-state index is 0.241. The Labute approximate surface area is 158 Å². The fourth-order valence-corrected chi connectivity index (χ4v) is 3.48. The fraction of sp³-hybridized carbons (Fsp3) is 0.167. The topological polar surface area (TPSA) is 80.2 Å². The first-order valence-corrected chi connectivity index (χ1v) is 8.79. The van der Waals surface area contributed by atoms with E-state index in [0.717, 1.165) is 28.2 Å². The molecule has 0 amide bonds. The Balaban J connectivity index is 1.78. The molecule has 8 heteroatoms. The quantitative estimate of drug-likeness (QED) is 0.537. The van der Waals surface area contributed by atoms with Gasteiger partial charge in [0, 0.05) is 13.6 Å². The lowest BCUT2D eigenvalue weighted by Crippen LogP contribution is -2.23. The van der Waals surface area contributed by atoms with Crippen LogP contribution in [0.3, 0.4) is 0 Å². The Morgan fingerprint density at radius 2 is 1.96 bits per heavy atom. The standard InChI is InChI=1S/C18H16BrN5O2/c1-23-17-15(16(19)22-23)18(21-11-20-17)24(10-14-3-2-8-26-14)9-12-4-6-13(25)7-5-12/h2-8,11,25H,9-10H2,1H3. The molecule has 26 heavy (non-hydrogen) atoms. The lowest BCUT2D eigenvalue weighted by Gasteiger charge is -2.23. The van der Waals surface area contributed by atoms with E-state index in [1.807, 2.05) is 31.3 Å². The predicted octanol–water partition coefficient (Wildman–Crippen LogP) is 3.63. The molecular formula is C18H16BrN5O2. The van der Waals surface area contributed by atoms with Crippen molar-refractivity contribution in [3.63, 3.8) is 0 Å². The summed E-state index contributed by atoms with van der Waals surface area (Å²) < 4.78 is 7.95. The summed E-state index contributed by atoms with van der Waals surface area (Å²) in [4.78, 5) is 11.0. The molecule has 0 saturated heterocycles. The number of phenolic OH excluding ortho intramolecular Hbond substituents is 1. The maximum Gasteiger partial charge on any atom is 0.164 e. The van der Waals surface area contributed by atoms with Gasteiger partial charge in [0.05, 0.1) is 18.2 Å². The van der Waals surface area contributed by atoms with Crippen LogP contribution in [-0.4, -0.2) is 24.9 Å². The Hall–Kier alpha value is -2.87. The molecule has 0 bridgehead atoms. The molecule has 7 nitrogen and oxygen atoms in total. The first-order chi connectivity index (χ1) is 12.6. The van der Waals surface area contributed by atoms with Crippen molar-refractivity contribution in [1.29, 1.82) is 0 Å². The number of fused-ring (bicyclic) bond motifs is 1. The van der Waals surface area contributed by atoms with Crippen molar-refractivity contribution in [3.05, 3.63) is 64.9 Å². The summed E-state index contributed by atoms with van der Waals surface area (Å²) in [7, 11) is 1.85. The first kappa shape index (κ1) is 16.6. The van der Waals surface area contributed by atoms with Crippen LogP contribution in [0.5, 0.6) is 5.75 Å². The van der Waals surface area contributed by atoms with Crippen molar-refractivity contribution in [2.75, 3.05) is 4.90 Å². The molecule has 0 aliphatic carbocycles. The lowest BCUT2D eigenvalue weighted by atomic mass is 10.2. The molecule has 0 radical (unpaired) electrons. The second-order valence-corrected chi connectivity index (χ2v) is 6.66. The van der Waals surface area contributed by atoms with Gasteiger partial charge in [-0.1, -0.05) is 12.1 Å². The first-order valence-electron chi connectivity index (χ1n) is 8.00. The number of furan rings is 1. The summed E-state index contributed by atoms with van der Waals surface area (Å²) in [5, 5.41) is 14.8. The molecule has 4 aromatic rings. The van der Waals surface area contributed by atoms with Crippen molar-refractivity contribution in [2.24, 2.45) is 7.05 Å². The summed E-state index contributed by atoms with van der Waals surface area (Å²) in [6.45, 7) is 1.13. The summed E-state index contributed by atoms with van der Waals surface area (Å²) in [6, 6.07) is 10.9. The van der Waals surface area contributed by atoms with Crippen LogP contribution in [0.25, 0.3) is 11.0 Å². The van der Waals surface area contributed by atoms with Gasteiger partial charge < -0.3 is 14.4 Å². The minimum atomic E-state index is 0.241. The van der Waals surface area contributed by atoms with Crippen LogP contribution in [0.2, 0.25) is 0 Å². The highest BCUT2D eigenvalue weighted by Crippen LogP contribution is 2.31. The van der Waals surface area contributed by atoms with Crippen LogP contribution in [0.4, 0.5) is 5.82 Å². The van der Waals surface area contributed by atoms with Crippen LogP contribution in [0, 0.1) is 0 Å². The molecule has 4 rings (SSSR count). The minimum Gasteiger partial charge on any atom is -0.508 e. The van der Waals surface area contributed by atoms with Gasteiger partial charge in [0.25, 0.3) is 0 Å². The zero-order valence-electron chi connectivity index (χ0n) is 14.0. The van der Waals surface area contributed by atoms with Crippen LogP contribution in [-0.2, 0) is 20.1 Å². The monoisotopic (exact) mass is 413 g/mol. The second-order valence-electron chi connectivity index (χ2n) is 5.91. The Morgan fingerprint density at radius 1 is 1.15 bits per heavy atom. The second kappa shape index (κ2) is 6.80. The number of anilines is 1. The molecule has 3 heterocycles. The maximum atomic E-state index is 9.53. The number of hydrogen-bond donors (Lipinski definition) is 1. The summed E-state index contributed by atoms with van der Waals surface area (Å²) in [5.41, 5.74) is 1.79. The third kappa shape index (κ3) is 3.15. The van der Waals surface area contributed by atoms with Gasteiger partial charge in [-0.25, -0.2) is 14.6 Å². The van der Waals surface area contributed by atoms with E-state index in [-0.39, 0.29) is 5.75 Å². The molecule has 0 aliphatic rings. The predicted molar refractivity (Wildman–Crippen MR) is 101 cm³/mol. The molecule has 132 valence electrons. The van der Waals surface area contributed by atoms with Crippen LogP contribution >= 0.6 is 15.9 Å². The largest absolute Gasteiger partial charge is 0.508 e. The molecule has 0 aliphatic heterocycles. The number of benzene rings is 1. The van der Waals surface area contributed by atoms with E-state index in [1.54, 1.807) is 23.1 Å². The molecule has 0 atom stereocenters. The summed E-state index contributed by atoms with van der Waals surface area (Å²) in [5.74, 6) is 1.83. The van der Waals surface area contributed by atoms with Gasteiger partial charge in [-0.3, -0.25) is 0 Å². The molecule has 0 fully saturated rings. The number of rotatable bonds is 5. The number of aromatic hydroxyl groups is 1. The van der Waals surface area contributed by atoms with Gasteiger partial charge >= 0.3 is 0 Å². The van der Waals surface area contributed by atoms with Gasteiger partial charge in [-0.15, -0.1) is 0 Å². The summed E-state index contributed by atoms with van der Waals surface area (Å²) in [6.07, 6.45) is 3.20. The fourth-order valence-electron chi connectivity index (χ4n) is 2.88. The molecule has 1 N–H and O–H groups in total. The zero-order valence-corrected chi connectivity index (χ0v) is 15.6. The van der Waals surface area contributed by atoms with E-state index in [4.69, 9.17) is 4.42 Å². The molecule has 1 aromatic carbocycles. The van der Waals surface area contributed by atoms with Gasteiger partial charge in [-0.2, -0.15) is 5.10 Å². The third-order valence-corrected chi connectivity index (χ3v) is 4.65. The molecule has 0 saturated carbocycles. The zero-order chi connectivity index (χ0) is 18.1. The number of nitrogens with zero attached hydrogens (tertiary/aromatic N) is 5. The summed E-state index contributed by atoms with van der Waals surface area (Å²) >= 11 is 3.51. The Morgan fingerprint density at radius 3 is 2.69 bits per heavy atom. The highest BCUT2D eigenvalue weighted by molar-refractivity contribution is 9.10. The number of aryl methyl sites for hydroxylation is 1. The van der Waals surface area contributed by atoms with Gasteiger partial charge in [0.15, 0.2) is 5.65 Å². The van der Waals surface area contributed by atoms with Crippen molar-refractivity contribution >= 4 is 32.8 Å². The van der Waals surface area contributed by atoms with Crippen molar-refractivity contribution in [2.45, 2.75) is 13.1 Å². The molecule has 3 aromatic heterocycles. The van der Waals surface area contributed by atoms with Crippen LogP contribution in [0.15, 0.2) is 58.0 Å². The van der Waals surface area contributed by atoms with Crippen molar-refractivity contribution < 1.29 is 9.52 Å². The van der Waals surface area contributed by atoms with E-state index in [2.05, 4.69) is 35.9 Å². The van der Waals surface area contributed by atoms with Crippen molar-refractivity contribution in [3.8, 4) is 5.75 Å². The van der Waals surface area contributed by atoms with Crippen LogP contribution in [0.1, 0.15) is 11.3 Å².